The number of likely N-dealkylation sites (N-methyl/N-ethyl adjacent to an activating group) is 1. The summed E-state index contributed by atoms with van der Waals surface area (Å²) in [7, 11) is 1.70. The third-order valence-corrected chi connectivity index (χ3v) is 4.54. The van der Waals surface area contributed by atoms with Crippen LogP contribution in [0.15, 0.2) is 48.5 Å². The number of nitrogens with one attached hydrogen (secondary N) is 1. The largest absolute Gasteiger partial charge is 0.492 e. The molecule has 0 unspecified atom stereocenters. The summed E-state index contributed by atoms with van der Waals surface area (Å²) in [6.07, 6.45) is 0. The Labute approximate surface area is 163 Å². The second kappa shape index (κ2) is 8.56. The number of hydrogen-bond donors (Lipinski definition) is 1. The van der Waals surface area contributed by atoms with E-state index in [2.05, 4.69) is 5.32 Å². The van der Waals surface area contributed by atoms with Crippen molar-refractivity contribution >= 4 is 17.8 Å². The van der Waals surface area contributed by atoms with E-state index >= 15 is 0 Å². The molecule has 3 rings (SSSR count). The summed E-state index contributed by atoms with van der Waals surface area (Å²) in [5.41, 5.74) is 2.20. The zero-order valence-corrected chi connectivity index (χ0v) is 16.0. The smallest absolute Gasteiger partial charge is 0.324 e. The van der Waals surface area contributed by atoms with Gasteiger partial charge in [-0.2, -0.15) is 0 Å². The van der Waals surface area contributed by atoms with Crippen LogP contribution in [0.4, 0.5) is 4.79 Å². The lowest BCUT2D eigenvalue weighted by molar-refractivity contribution is -0.125. The maximum absolute atomic E-state index is 12.9. The first-order chi connectivity index (χ1) is 13.5. The van der Waals surface area contributed by atoms with Crippen LogP contribution in [-0.2, 0) is 11.3 Å². The molecule has 2 aromatic rings. The van der Waals surface area contributed by atoms with Crippen molar-refractivity contribution in [2.24, 2.45) is 0 Å². The lowest BCUT2D eigenvalue weighted by Crippen LogP contribution is -2.34. The van der Waals surface area contributed by atoms with Crippen LogP contribution in [0.2, 0.25) is 0 Å². The lowest BCUT2D eigenvalue weighted by Gasteiger charge is -2.21. The van der Waals surface area contributed by atoms with Crippen molar-refractivity contribution in [1.82, 2.24) is 15.1 Å². The fraction of sp³-hybridized carbons (Fsp3) is 0.286. The zero-order valence-electron chi connectivity index (χ0n) is 16.0. The average Bonchev–Trinajstić information content (AvgIpc) is 3.00. The third kappa shape index (κ3) is 4.49. The molecule has 1 aliphatic heterocycles. The van der Waals surface area contributed by atoms with Gasteiger partial charge >= 0.3 is 6.03 Å². The topological polar surface area (TPSA) is 79.0 Å². The minimum atomic E-state index is -0.438. The molecule has 28 heavy (non-hydrogen) atoms. The molecule has 1 aliphatic rings. The predicted molar refractivity (Wildman–Crippen MR) is 104 cm³/mol. The monoisotopic (exact) mass is 381 g/mol. The number of carbonyl (C=O) groups excluding carboxylic acids is 3. The summed E-state index contributed by atoms with van der Waals surface area (Å²) in [5, 5.41) is 2.48. The van der Waals surface area contributed by atoms with Gasteiger partial charge in [-0.3, -0.25) is 14.5 Å². The number of ether oxygens (including phenoxy) is 1. The van der Waals surface area contributed by atoms with Crippen molar-refractivity contribution in [3.63, 3.8) is 0 Å². The number of carbonyl (C=O) groups is 3. The van der Waals surface area contributed by atoms with Gasteiger partial charge in [-0.25, -0.2) is 4.79 Å². The van der Waals surface area contributed by atoms with Crippen LogP contribution in [0.1, 0.15) is 21.5 Å². The minimum absolute atomic E-state index is 0.00878. The fourth-order valence-corrected chi connectivity index (χ4v) is 2.97. The van der Waals surface area contributed by atoms with Crippen molar-refractivity contribution in [1.29, 1.82) is 0 Å². The van der Waals surface area contributed by atoms with E-state index in [1.807, 2.05) is 31.2 Å². The first kappa shape index (κ1) is 19.4. The Balaban J connectivity index is 1.63. The maximum atomic E-state index is 12.9. The van der Waals surface area contributed by atoms with Gasteiger partial charge in [-0.05, 0) is 36.2 Å². The number of hydrogen-bond acceptors (Lipinski definition) is 4. The Morgan fingerprint density at radius 3 is 2.68 bits per heavy atom. The van der Waals surface area contributed by atoms with E-state index in [1.54, 1.807) is 36.2 Å². The van der Waals surface area contributed by atoms with E-state index in [0.717, 1.165) is 16.2 Å². The molecule has 4 amide bonds. The van der Waals surface area contributed by atoms with Gasteiger partial charge in [0.05, 0.1) is 19.6 Å². The summed E-state index contributed by atoms with van der Waals surface area (Å²) in [6, 6.07) is 14.3. The lowest BCUT2D eigenvalue weighted by atomic mass is 10.1. The second-order valence-corrected chi connectivity index (χ2v) is 6.69. The highest BCUT2D eigenvalue weighted by Crippen LogP contribution is 2.16. The Bertz CT molecular complexity index is 881. The number of amides is 4. The third-order valence-electron chi connectivity index (χ3n) is 4.54. The first-order valence-corrected chi connectivity index (χ1v) is 9.07. The molecule has 0 saturated carbocycles. The van der Waals surface area contributed by atoms with Gasteiger partial charge in [0.15, 0.2) is 0 Å². The van der Waals surface area contributed by atoms with Crippen LogP contribution in [0.25, 0.3) is 0 Å². The highest BCUT2D eigenvalue weighted by atomic mass is 16.5. The van der Waals surface area contributed by atoms with E-state index in [1.165, 1.54) is 0 Å². The first-order valence-electron chi connectivity index (χ1n) is 9.07. The number of aryl methyl sites for hydroxylation is 1. The van der Waals surface area contributed by atoms with Crippen LogP contribution in [0.5, 0.6) is 5.75 Å². The molecule has 0 aliphatic carbocycles. The second-order valence-electron chi connectivity index (χ2n) is 6.69. The molecule has 1 N–H and O–H groups in total. The van der Waals surface area contributed by atoms with Gasteiger partial charge in [0, 0.05) is 12.6 Å². The van der Waals surface area contributed by atoms with E-state index in [9.17, 15) is 14.4 Å². The van der Waals surface area contributed by atoms with Crippen molar-refractivity contribution in [3.8, 4) is 5.75 Å². The van der Waals surface area contributed by atoms with Crippen molar-refractivity contribution in [3.05, 3.63) is 65.2 Å². The molecular weight excluding hydrogens is 358 g/mol. The fourth-order valence-electron chi connectivity index (χ4n) is 2.97. The van der Waals surface area contributed by atoms with E-state index in [-0.39, 0.29) is 24.9 Å². The number of nitrogens with zero attached hydrogens (tertiary/aromatic N) is 2. The van der Waals surface area contributed by atoms with Crippen LogP contribution < -0.4 is 10.1 Å². The molecule has 1 heterocycles. The Morgan fingerprint density at radius 2 is 1.96 bits per heavy atom. The number of rotatable bonds is 7. The number of imide groups is 1. The molecule has 0 atom stereocenters. The molecule has 0 bridgehead atoms. The number of urea groups is 1. The van der Waals surface area contributed by atoms with Crippen LogP contribution in [0, 0.1) is 6.92 Å². The van der Waals surface area contributed by atoms with Gasteiger partial charge in [0.1, 0.15) is 12.4 Å². The van der Waals surface area contributed by atoms with Gasteiger partial charge in [0.2, 0.25) is 5.91 Å². The predicted octanol–water partition coefficient (Wildman–Crippen LogP) is 2.20. The molecule has 1 fully saturated rings. The van der Waals surface area contributed by atoms with Gasteiger partial charge in [-0.1, -0.05) is 30.3 Å². The molecule has 0 aromatic heterocycles. The standard InChI is InChI=1S/C21H23N3O4/c1-15-6-5-8-17(12-15)28-11-10-23(2)20(26)18-9-4-3-7-16(18)14-24-19(25)13-22-21(24)27/h3-9,12H,10-11,13-14H2,1-2H3,(H,22,27). The normalized spacial score (nSPS) is 13.4. The molecule has 0 radical (unpaired) electrons. The van der Waals surface area contributed by atoms with E-state index < -0.39 is 6.03 Å². The molecule has 2 aromatic carbocycles. The Morgan fingerprint density at radius 1 is 1.18 bits per heavy atom. The van der Waals surface area contributed by atoms with E-state index in [0.29, 0.717) is 24.3 Å². The van der Waals surface area contributed by atoms with Gasteiger partial charge < -0.3 is 15.0 Å². The van der Waals surface area contributed by atoms with Crippen molar-refractivity contribution in [2.45, 2.75) is 13.5 Å². The zero-order chi connectivity index (χ0) is 20.1. The SMILES string of the molecule is Cc1cccc(OCCN(C)C(=O)c2ccccc2CN2C(=O)CNC2=O)c1. The number of benzene rings is 2. The Hall–Kier alpha value is -3.35. The summed E-state index contributed by atoms with van der Waals surface area (Å²) in [4.78, 5) is 39.2. The quantitative estimate of drug-likeness (QED) is 0.746. The molecule has 1 saturated heterocycles. The van der Waals surface area contributed by atoms with Crippen LogP contribution in [-0.4, -0.2) is 54.4 Å². The molecule has 7 nitrogen and oxygen atoms in total. The molecule has 0 spiro atoms. The van der Waals surface area contributed by atoms with Gasteiger partial charge in [0.25, 0.3) is 5.91 Å². The molecule has 7 heteroatoms. The molecular formula is C21H23N3O4. The van der Waals surface area contributed by atoms with E-state index in [4.69, 9.17) is 4.74 Å². The van der Waals surface area contributed by atoms with Crippen LogP contribution >= 0.6 is 0 Å². The average molecular weight is 381 g/mol. The van der Waals surface area contributed by atoms with Crippen molar-refractivity contribution < 1.29 is 19.1 Å². The minimum Gasteiger partial charge on any atom is -0.492 e. The summed E-state index contributed by atoms with van der Waals surface area (Å²) >= 11 is 0. The molecule has 146 valence electrons. The van der Waals surface area contributed by atoms with Crippen LogP contribution in [0.3, 0.4) is 0 Å². The van der Waals surface area contributed by atoms with Gasteiger partial charge in [-0.15, -0.1) is 0 Å². The summed E-state index contributed by atoms with van der Waals surface area (Å²) in [6.45, 7) is 2.82. The highest BCUT2D eigenvalue weighted by molar-refractivity contribution is 6.02. The highest BCUT2D eigenvalue weighted by Gasteiger charge is 2.29. The maximum Gasteiger partial charge on any atom is 0.324 e. The summed E-state index contributed by atoms with van der Waals surface area (Å²) < 4.78 is 5.71. The van der Waals surface area contributed by atoms with Crippen molar-refractivity contribution in [2.75, 3.05) is 26.7 Å². The summed E-state index contributed by atoms with van der Waals surface area (Å²) in [5.74, 6) is 0.280. The Kier molecular flexibility index (Phi) is 5.93.